The van der Waals surface area contributed by atoms with Gasteiger partial charge in [0.25, 0.3) is 0 Å². The third kappa shape index (κ3) is 3.40. The highest BCUT2D eigenvalue weighted by atomic mass is 32.2. The van der Waals surface area contributed by atoms with Crippen LogP contribution in [0, 0.1) is 12.8 Å². The summed E-state index contributed by atoms with van der Waals surface area (Å²) < 4.78 is 28.1. The quantitative estimate of drug-likeness (QED) is 0.852. The van der Waals surface area contributed by atoms with Crippen molar-refractivity contribution in [3.05, 3.63) is 59.2 Å². The number of carboxylic acids is 1. The van der Waals surface area contributed by atoms with Crippen LogP contribution < -0.4 is 4.90 Å². The van der Waals surface area contributed by atoms with Crippen LogP contribution in [0.2, 0.25) is 0 Å². The molecule has 1 aliphatic carbocycles. The minimum atomic E-state index is -3.64. The SMILES string of the molecule is Cc1ccc(N2CCN(S(=O)(=O)c3cccc4c3CC(C(=O)O)C4)CC2)cc1. The molecule has 0 bridgehead atoms. The second kappa shape index (κ2) is 7.22. The Hall–Kier alpha value is -2.38. The molecule has 0 saturated carbocycles. The lowest BCUT2D eigenvalue weighted by Crippen LogP contribution is -2.48. The highest BCUT2D eigenvalue weighted by Gasteiger charge is 2.35. The third-order valence-corrected chi connectivity index (χ3v) is 7.73. The van der Waals surface area contributed by atoms with Gasteiger partial charge in [-0.25, -0.2) is 8.42 Å². The van der Waals surface area contributed by atoms with Gasteiger partial charge in [-0.1, -0.05) is 29.8 Å². The summed E-state index contributed by atoms with van der Waals surface area (Å²) in [5.41, 5.74) is 3.82. The van der Waals surface area contributed by atoms with Gasteiger partial charge in [0.15, 0.2) is 0 Å². The fourth-order valence-corrected chi connectivity index (χ4v) is 5.81. The average molecular weight is 401 g/mol. The Kier molecular flexibility index (Phi) is 4.89. The highest BCUT2D eigenvalue weighted by Crippen LogP contribution is 2.33. The first kappa shape index (κ1) is 19.0. The molecule has 1 heterocycles. The molecule has 1 atom stereocenters. The van der Waals surface area contributed by atoms with E-state index in [9.17, 15) is 18.3 Å². The van der Waals surface area contributed by atoms with E-state index in [0.29, 0.717) is 38.2 Å². The van der Waals surface area contributed by atoms with E-state index in [0.717, 1.165) is 11.3 Å². The summed E-state index contributed by atoms with van der Waals surface area (Å²) in [6.45, 7) is 4.15. The zero-order valence-electron chi connectivity index (χ0n) is 15.8. The van der Waals surface area contributed by atoms with E-state index in [1.807, 2.05) is 13.0 Å². The predicted molar refractivity (Wildman–Crippen MR) is 107 cm³/mol. The minimum Gasteiger partial charge on any atom is -0.481 e. The van der Waals surface area contributed by atoms with Crippen LogP contribution in [0.3, 0.4) is 0 Å². The van der Waals surface area contributed by atoms with Crippen LogP contribution >= 0.6 is 0 Å². The number of aryl methyl sites for hydroxylation is 1. The highest BCUT2D eigenvalue weighted by molar-refractivity contribution is 7.89. The number of piperazine rings is 1. The number of hydrogen-bond donors (Lipinski definition) is 1. The Morgan fingerprint density at radius 1 is 1.00 bits per heavy atom. The van der Waals surface area contributed by atoms with Crippen molar-refractivity contribution in [2.24, 2.45) is 5.92 Å². The van der Waals surface area contributed by atoms with E-state index >= 15 is 0 Å². The van der Waals surface area contributed by atoms with Gasteiger partial charge in [-0.2, -0.15) is 4.31 Å². The molecule has 6 nitrogen and oxygen atoms in total. The number of anilines is 1. The summed E-state index contributed by atoms with van der Waals surface area (Å²) in [4.78, 5) is 13.8. The molecule has 1 fully saturated rings. The molecule has 0 amide bonds. The van der Waals surface area contributed by atoms with Crippen LogP contribution in [0.4, 0.5) is 5.69 Å². The molecule has 2 aromatic carbocycles. The van der Waals surface area contributed by atoms with Crippen LogP contribution in [-0.4, -0.2) is 50.0 Å². The summed E-state index contributed by atoms with van der Waals surface area (Å²) in [5, 5.41) is 9.32. The van der Waals surface area contributed by atoms with Crippen LogP contribution in [-0.2, 0) is 27.7 Å². The Morgan fingerprint density at radius 3 is 2.32 bits per heavy atom. The van der Waals surface area contributed by atoms with Crippen molar-refractivity contribution in [3.8, 4) is 0 Å². The number of rotatable bonds is 4. The zero-order chi connectivity index (χ0) is 19.9. The number of sulfonamides is 1. The average Bonchev–Trinajstić information content (AvgIpc) is 3.13. The molecule has 2 aliphatic rings. The fourth-order valence-electron chi connectivity index (χ4n) is 4.12. The Morgan fingerprint density at radius 2 is 1.68 bits per heavy atom. The van der Waals surface area contributed by atoms with Gasteiger partial charge in [-0.15, -0.1) is 0 Å². The van der Waals surface area contributed by atoms with Crippen LogP contribution in [0.15, 0.2) is 47.4 Å². The molecule has 1 unspecified atom stereocenters. The van der Waals surface area contributed by atoms with E-state index in [4.69, 9.17) is 0 Å². The number of fused-ring (bicyclic) bond motifs is 1. The third-order valence-electron chi connectivity index (χ3n) is 5.75. The van der Waals surface area contributed by atoms with Crippen molar-refractivity contribution >= 4 is 21.7 Å². The molecule has 0 spiro atoms. The molecular weight excluding hydrogens is 376 g/mol. The first-order valence-corrected chi connectivity index (χ1v) is 11.0. The van der Waals surface area contributed by atoms with Gasteiger partial charge in [0.1, 0.15) is 0 Å². The molecule has 28 heavy (non-hydrogen) atoms. The Balaban J connectivity index is 1.53. The van der Waals surface area contributed by atoms with E-state index < -0.39 is 21.9 Å². The second-order valence-electron chi connectivity index (χ2n) is 7.56. The minimum absolute atomic E-state index is 0.275. The maximum atomic E-state index is 13.3. The summed E-state index contributed by atoms with van der Waals surface area (Å²) in [6.07, 6.45) is 0.679. The molecule has 1 saturated heterocycles. The lowest BCUT2D eigenvalue weighted by Gasteiger charge is -2.35. The number of carboxylic acid groups (broad SMARTS) is 1. The molecule has 4 rings (SSSR count). The standard InChI is InChI=1S/C21H24N2O4S/c1-15-5-7-18(8-6-15)22-9-11-23(12-10-22)28(26,27)20-4-2-3-16-13-17(21(24)25)14-19(16)20/h2-8,17H,9-14H2,1H3,(H,24,25). The lowest BCUT2D eigenvalue weighted by atomic mass is 10.1. The zero-order valence-corrected chi connectivity index (χ0v) is 16.7. The summed E-state index contributed by atoms with van der Waals surface area (Å²) in [5.74, 6) is -1.41. The maximum Gasteiger partial charge on any atom is 0.307 e. The smallest absolute Gasteiger partial charge is 0.307 e. The summed E-state index contributed by atoms with van der Waals surface area (Å²) in [6, 6.07) is 13.4. The van der Waals surface area contributed by atoms with E-state index in [-0.39, 0.29) is 11.3 Å². The van der Waals surface area contributed by atoms with Crippen molar-refractivity contribution in [1.29, 1.82) is 0 Å². The van der Waals surface area contributed by atoms with E-state index in [1.165, 1.54) is 9.87 Å². The molecule has 1 N–H and O–H groups in total. The van der Waals surface area contributed by atoms with Crippen molar-refractivity contribution in [1.82, 2.24) is 4.31 Å². The molecule has 7 heteroatoms. The Labute approximate surface area is 165 Å². The molecule has 1 aliphatic heterocycles. The summed E-state index contributed by atoms with van der Waals surface area (Å²) in [7, 11) is -3.64. The monoisotopic (exact) mass is 400 g/mol. The number of nitrogens with zero attached hydrogens (tertiary/aromatic N) is 2. The first-order valence-electron chi connectivity index (χ1n) is 9.51. The summed E-state index contributed by atoms with van der Waals surface area (Å²) >= 11 is 0. The predicted octanol–water partition coefficient (Wildman–Crippen LogP) is 2.31. The van der Waals surface area contributed by atoms with Gasteiger partial charge in [-0.05, 0) is 49.1 Å². The van der Waals surface area contributed by atoms with Gasteiger partial charge in [0.2, 0.25) is 10.0 Å². The second-order valence-corrected chi connectivity index (χ2v) is 9.47. The van der Waals surface area contributed by atoms with Gasteiger partial charge >= 0.3 is 5.97 Å². The molecule has 0 aromatic heterocycles. The van der Waals surface area contributed by atoms with Gasteiger partial charge < -0.3 is 10.0 Å². The van der Waals surface area contributed by atoms with Crippen LogP contribution in [0.1, 0.15) is 16.7 Å². The number of hydrogen-bond acceptors (Lipinski definition) is 4. The van der Waals surface area contributed by atoms with E-state index in [2.05, 4.69) is 29.2 Å². The first-order chi connectivity index (χ1) is 13.4. The topological polar surface area (TPSA) is 77.9 Å². The number of aliphatic carboxylic acids is 1. The normalized spacial score (nSPS) is 20.2. The Bertz CT molecular complexity index is 994. The van der Waals surface area contributed by atoms with Crippen molar-refractivity contribution in [2.45, 2.75) is 24.7 Å². The largest absolute Gasteiger partial charge is 0.481 e. The molecule has 2 aromatic rings. The van der Waals surface area contributed by atoms with E-state index in [1.54, 1.807) is 12.1 Å². The molecular formula is C21H24N2O4S. The van der Waals surface area contributed by atoms with Gasteiger partial charge in [-0.3, -0.25) is 4.79 Å². The van der Waals surface area contributed by atoms with Crippen LogP contribution in [0.25, 0.3) is 0 Å². The van der Waals surface area contributed by atoms with Crippen molar-refractivity contribution in [3.63, 3.8) is 0 Å². The van der Waals surface area contributed by atoms with Crippen LogP contribution in [0.5, 0.6) is 0 Å². The maximum absolute atomic E-state index is 13.3. The fraction of sp³-hybridized carbons (Fsp3) is 0.381. The molecule has 148 valence electrons. The number of carbonyl (C=O) groups is 1. The molecule has 0 radical (unpaired) electrons. The van der Waals surface area contributed by atoms with Gasteiger partial charge in [0, 0.05) is 31.9 Å². The van der Waals surface area contributed by atoms with Crippen molar-refractivity contribution in [2.75, 3.05) is 31.1 Å². The number of benzene rings is 2. The lowest BCUT2D eigenvalue weighted by molar-refractivity contribution is -0.141. The van der Waals surface area contributed by atoms with Crippen molar-refractivity contribution < 1.29 is 18.3 Å². The van der Waals surface area contributed by atoms with Gasteiger partial charge in [0.05, 0.1) is 10.8 Å².